The summed E-state index contributed by atoms with van der Waals surface area (Å²) in [6, 6.07) is 1.89. The van der Waals surface area contributed by atoms with Crippen molar-refractivity contribution in [1.82, 2.24) is 20.3 Å². The average Bonchev–Trinajstić information content (AvgIpc) is 2.91. The molecule has 2 N–H and O–H groups in total. The Hall–Kier alpha value is -2.06. The molecule has 0 saturated heterocycles. The molecule has 118 valence electrons. The van der Waals surface area contributed by atoms with Crippen LogP contribution in [0.3, 0.4) is 0 Å². The molecule has 0 saturated carbocycles. The van der Waals surface area contributed by atoms with E-state index in [1.54, 1.807) is 12.5 Å². The van der Waals surface area contributed by atoms with Crippen molar-refractivity contribution in [3.05, 3.63) is 28.5 Å². The molecular formula is C14H19N5O2S. The van der Waals surface area contributed by atoms with E-state index in [9.17, 15) is 4.79 Å². The standard InChI is InChI=1S/C14H19N5O2S/c1-9-7-10(2)17-13(16-9)19-14-18-11(8-22-14)12(20)15-5-4-6-21-3/h7-8H,4-6H2,1-3H3,(H,15,20)(H,16,17,18,19). The van der Waals surface area contributed by atoms with E-state index in [-0.39, 0.29) is 5.91 Å². The van der Waals surface area contributed by atoms with Gasteiger partial charge in [0.25, 0.3) is 5.91 Å². The van der Waals surface area contributed by atoms with E-state index in [4.69, 9.17) is 4.74 Å². The smallest absolute Gasteiger partial charge is 0.270 e. The van der Waals surface area contributed by atoms with E-state index in [1.165, 1.54) is 11.3 Å². The van der Waals surface area contributed by atoms with Crippen molar-refractivity contribution >= 4 is 28.3 Å². The SMILES string of the molecule is COCCCNC(=O)c1csc(Nc2nc(C)cc(C)n2)n1. The Morgan fingerprint density at radius 1 is 1.27 bits per heavy atom. The third-order valence-corrected chi connectivity index (χ3v) is 3.51. The zero-order valence-electron chi connectivity index (χ0n) is 12.8. The van der Waals surface area contributed by atoms with Crippen molar-refractivity contribution in [2.45, 2.75) is 20.3 Å². The third kappa shape index (κ3) is 4.74. The van der Waals surface area contributed by atoms with E-state index in [1.807, 2.05) is 19.9 Å². The second kappa shape index (κ2) is 7.81. The van der Waals surface area contributed by atoms with Crippen LogP contribution in [0.2, 0.25) is 0 Å². The van der Waals surface area contributed by atoms with E-state index < -0.39 is 0 Å². The molecule has 0 aromatic carbocycles. The molecule has 0 bridgehead atoms. The van der Waals surface area contributed by atoms with Crippen LogP contribution >= 0.6 is 11.3 Å². The number of aryl methyl sites for hydroxylation is 2. The van der Waals surface area contributed by atoms with E-state index in [0.717, 1.165) is 17.8 Å². The fraction of sp³-hybridized carbons (Fsp3) is 0.429. The first-order chi connectivity index (χ1) is 10.6. The van der Waals surface area contributed by atoms with Gasteiger partial charge in [-0.1, -0.05) is 0 Å². The van der Waals surface area contributed by atoms with Crippen molar-refractivity contribution in [2.75, 3.05) is 25.6 Å². The highest BCUT2D eigenvalue weighted by molar-refractivity contribution is 7.14. The Morgan fingerprint density at radius 2 is 2.00 bits per heavy atom. The lowest BCUT2D eigenvalue weighted by Gasteiger charge is -2.03. The summed E-state index contributed by atoms with van der Waals surface area (Å²) in [5.74, 6) is 0.292. The summed E-state index contributed by atoms with van der Waals surface area (Å²) in [7, 11) is 1.63. The summed E-state index contributed by atoms with van der Waals surface area (Å²) in [5, 5.41) is 8.11. The topological polar surface area (TPSA) is 89.0 Å². The van der Waals surface area contributed by atoms with Gasteiger partial charge >= 0.3 is 0 Å². The number of thiazole rings is 1. The summed E-state index contributed by atoms with van der Waals surface area (Å²) in [6.45, 7) is 4.99. The van der Waals surface area contributed by atoms with Gasteiger partial charge < -0.3 is 15.4 Å². The van der Waals surface area contributed by atoms with Crippen LogP contribution < -0.4 is 10.6 Å². The molecule has 8 heteroatoms. The van der Waals surface area contributed by atoms with Crippen LogP contribution in [0, 0.1) is 13.8 Å². The van der Waals surface area contributed by atoms with Gasteiger partial charge in [-0.25, -0.2) is 15.0 Å². The van der Waals surface area contributed by atoms with Gasteiger partial charge in [-0.3, -0.25) is 4.79 Å². The largest absolute Gasteiger partial charge is 0.385 e. The number of aromatic nitrogens is 3. The number of methoxy groups -OCH3 is 1. The number of rotatable bonds is 7. The van der Waals surface area contributed by atoms with Crippen molar-refractivity contribution in [1.29, 1.82) is 0 Å². The van der Waals surface area contributed by atoms with Crippen LogP contribution in [0.4, 0.5) is 11.1 Å². The maximum Gasteiger partial charge on any atom is 0.270 e. The van der Waals surface area contributed by atoms with Gasteiger partial charge in [-0.05, 0) is 26.3 Å². The lowest BCUT2D eigenvalue weighted by atomic mass is 10.4. The number of amides is 1. The van der Waals surface area contributed by atoms with Gasteiger partial charge in [0, 0.05) is 37.0 Å². The highest BCUT2D eigenvalue weighted by atomic mass is 32.1. The minimum atomic E-state index is -0.193. The quantitative estimate of drug-likeness (QED) is 0.759. The molecule has 1 amide bonds. The Labute approximate surface area is 133 Å². The zero-order valence-corrected chi connectivity index (χ0v) is 13.7. The van der Waals surface area contributed by atoms with Crippen molar-refractivity contribution in [2.24, 2.45) is 0 Å². The summed E-state index contributed by atoms with van der Waals surface area (Å²) in [5.41, 5.74) is 2.14. The predicted molar refractivity (Wildman–Crippen MR) is 85.7 cm³/mol. The van der Waals surface area contributed by atoms with Gasteiger partial charge in [-0.15, -0.1) is 11.3 Å². The van der Waals surface area contributed by atoms with Gasteiger partial charge in [0.05, 0.1) is 0 Å². The molecule has 0 radical (unpaired) electrons. The Balaban J connectivity index is 1.94. The fourth-order valence-corrected chi connectivity index (χ4v) is 2.51. The van der Waals surface area contributed by atoms with Crippen molar-refractivity contribution in [3.63, 3.8) is 0 Å². The number of nitrogens with one attached hydrogen (secondary N) is 2. The predicted octanol–water partition coefficient (Wildman–Crippen LogP) is 2.06. The van der Waals surface area contributed by atoms with Crippen molar-refractivity contribution < 1.29 is 9.53 Å². The van der Waals surface area contributed by atoms with Crippen LogP contribution in [0.25, 0.3) is 0 Å². The number of carbonyl (C=O) groups excluding carboxylic acids is 1. The van der Waals surface area contributed by atoms with Gasteiger partial charge in [0.15, 0.2) is 5.13 Å². The van der Waals surface area contributed by atoms with Crippen LogP contribution in [-0.2, 0) is 4.74 Å². The highest BCUT2D eigenvalue weighted by Gasteiger charge is 2.11. The molecule has 2 aromatic rings. The molecule has 7 nitrogen and oxygen atoms in total. The molecule has 0 fully saturated rings. The van der Waals surface area contributed by atoms with Gasteiger partial charge in [0.2, 0.25) is 5.95 Å². The molecule has 0 aliphatic heterocycles. The molecule has 0 spiro atoms. The van der Waals surface area contributed by atoms with E-state index in [2.05, 4.69) is 25.6 Å². The van der Waals surface area contributed by atoms with Gasteiger partial charge in [0.1, 0.15) is 5.69 Å². The monoisotopic (exact) mass is 321 g/mol. The highest BCUT2D eigenvalue weighted by Crippen LogP contribution is 2.19. The summed E-state index contributed by atoms with van der Waals surface area (Å²) in [4.78, 5) is 24.7. The van der Waals surface area contributed by atoms with Crippen LogP contribution in [0.5, 0.6) is 0 Å². The van der Waals surface area contributed by atoms with E-state index in [0.29, 0.717) is 29.9 Å². The van der Waals surface area contributed by atoms with Crippen LogP contribution in [0.1, 0.15) is 28.3 Å². The first-order valence-corrected chi connectivity index (χ1v) is 7.78. The van der Waals surface area contributed by atoms with Crippen LogP contribution in [-0.4, -0.2) is 41.1 Å². The third-order valence-electron chi connectivity index (χ3n) is 2.75. The lowest BCUT2D eigenvalue weighted by Crippen LogP contribution is -2.25. The maximum atomic E-state index is 11.9. The molecule has 0 aliphatic rings. The van der Waals surface area contributed by atoms with Crippen LogP contribution in [0.15, 0.2) is 11.4 Å². The van der Waals surface area contributed by atoms with Crippen molar-refractivity contribution in [3.8, 4) is 0 Å². The summed E-state index contributed by atoms with van der Waals surface area (Å²) < 4.78 is 4.93. The minimum Gasteiger partial charge on any atom is -0.385 e. The molecule has 2 aromatic heterocycles. The molecule has 0 atom stereocenters. The molecular weight excluding hydrogens is 302 g/mol. The number of hydrogen-bond acceptors (Lipinski definition) is 7. The first-order valence-electron chi connectivity index (χ1n) is 6.90. The normalized spacial score (nSPS) is 10.5. The number of hydrogen-bond donors (Lipinski definition) is 2. The second-order valence-corrected chi connectivity index (χ2v) is 5.60. The molecule has 0 unspecified atom stereocenters. The molecule has 22 heavy (non-hydrogen) atoms. The lowest BCUT2D eigenvalue weighted by molar-refractivity contribution is 0.0944. The number of carbonyl (C=O) groups is 1. The zero-order chi connectivity index (χ0) is 15.9. The first kappa shape index (κ1) is 16.3. The average molecular weight is 321 g/mol. The summed E-state index contributed by atoms with van der Waals surface area (Å²) >= 11 is 1.34. The Morgan fingerprint density at radius 3 is 2.68 bits per heavy atom. The van der Waals surface area contributed by atoms with E-state index >= 15 is 0 Å². The minimum absolute atomic E-state index is 0.193. The second-order valence-electron chi connectivity index (χ2n) is 4.74. The Bertz CT molecular complexity index is 624. The number of anilines is 2. The van der Waals surface area contributed by atoms with Gasteiger partial charge in [-0.2, -0.15) is 0 Å². The summed E-state index contributed by atoms with van der Waals surface area (Å²) in [6.07, 6.45) is 0.772. The molecule has 2 rings (SSSR count). The number of ether oxygens (including phenoxy) is 1. The fourth-order valence-electron chi connectivity index (χ4n) is 1.82. The maximum absolute atomic E-state index is 11.9. The number of nitrogens with zero attached hydrogens (tertiary/aromatic N) is 3. The molecule has 0 aliphatic carbocycles. The Kier molecular flexibility index (Phi) is 5.79. The molecule has 2 heterocycles.